The summed E-state index contributed by atoms with van der Waals surface area (Å²) < 4.78 is 4.94. The normalized spacial score (nSPS) is 17.4. The van der Waals surface area contributed by atoms with E-state index in [9.17, 15) is 9.59 Å². The SMILES string of the molecule is CCOC(=O)C1C(=O)Nc2cc3[nH]c(C)nc3cc21. The minimum absolute atomic E-state index is 0.252. The number of aryl methyl sites for hydroxylation is 1. The van der Waals surface area contributed by atoms with Gasteiger partial charge in [-0.05, 0) is 26.0 Å². The smallest absolute Gasteiger partial charge is 0.323 e. The number of hydrogen-bond donors (Lipinski definition) is 2. The van der Waals surface area contributed by atoms with Gasteiger partial charge in [0.25, 0.3) is 0 Å². The molecule has 6 heteroatoms. The fourth-order valence-electron chi connectivity index (χ4n) is 2.35. The van der Waals surface area contributed by atoms with E-state index in [2.05, 4.69) is 15.3 Å². The van der Waals surface area contributed by atoms with Crippen molar-refractivity contribution in [3.63, 3.8) is 0 Å². The molecule has 6 nitrogen and oxygen atoms in total. The van der Waals surface area contributed by atoms with Crippen LogP contribution >= 0.6 is 0 Å². The number of carbonyl (C=O) groups excluding carboxylic acids is 2. The molecule has 0 fully saturated rings. The predicted octanol–water partition coefficient (Wildman–Crippen LogP) is 1.47. The fraction of sp³-hybridized carbons (Fsp3) is 0.308. The molecule has 0 aliphatic carbocycles. The molecule has 2 aromatic rings. The van der Waals surface area contributed by atoms with Crippen LogP contribution in [0, 0.1) is 6.92 Å². The lowest BCUT2D eigenvalue weighted by molar-refractivity contribution is -0.147. The largest absolute Gasteiger partial charge is 0.465 e. The molecule has 0 saturated heterocycles. The number of fused-ring (bicyclic) bond motifs is 2. The highest BCUT2D eigenvalue weighted by atomic mass is 16.5. The van der Waals surface area contributed by atoms with Crippen LogP contribution in [0.2, 0.25) is 0 Å². The van der Waals surface area contributed by atoms with Gasteiger partial charge in [0, 0.05) is 11.3 Å². The number of hydrogen-bond acceptors (Lipinski definition) is 4. The summed E-state index contributed by atoms with van der Waals surface area (Å²) in [6, 6.07) is 3.55. The fourth-order valence-corrected chi connectivity index (χ4v) is 2.35. The number of benzene rings is 1. The van der Waals surface area contributed by atoms with Crippen LogP contribution in [-0.4, -0.2) is 28.5 Å². The van der Waals surface area contributed by atoms with Crippen molar-refractivity contribution in [1.82, 2.24) is 9.97 Å². The Kier molecular flexibility index (Phi) is 2.51. The molecule has 1 aliphatic rings. The summed E-state index contributed by atoms with van der Waals surface area (Å²) in [6.07, 6.45) is 0. The number of imidazole rings is 1. The maximum absolute atomic E-state index is 11.9. The molecule has 1 aromatic carbocycles. The van der Waals surface area contributed by atoms with Crippen molar-refractivity contribution in [2.24, 2.45) is 0 Å². The van der Waals surface area contributed by atoms with E-state index in [0.717, 1.165) is 16.9 Å². The Morgan fingerprint density at radius 2 is 2.26 bits per heavy atom. The molecule has 2 heterocycles. The van der Waals surface area contributed by atoms with Gasteiger partial charge in [-0.3, -0.25) is 9.59 Å². The number of aromatic nitrogens is 2. The summed E-state index contributed by atoms with van der Waals surface area (Å²) in [4.78, 5) is 31.1. The van der Waals surface area contributed by atoms with E-state index in [1.807, 2.05) is 6.92 Å². The summed E-state index contributed by atoms with van der Waals surface area (Å²) in [5.41, 5.74) is 2.84. The van der Waals surface area contributed by atoms with E-state index in [-0.39, 0.29) is 12.5 Å². The van der Waals surface area contributed by atoms with E-state index in [0.29, 0.717) is 11.3 Å². The molecule has 0 saturated carbocycles. The average molecular weight is 259 g/mol. The van der Waals surface area contributed by atoms with E-state index in [1.54, 1.807) is 19.1 Å². The third-order valence-corrected chi connectivity index (χ3v) is 3.12. The number of H-pyrrole nitrogens is 1. The number of anilines is 1. The van der Waals surface area contributed by atoms with Crippen LogP contribution < -0.4 is 5.32 Å². The van der Waals surface area contributed by atoms with Crippen molar-refractivity contribution in [2.75, 3.05) is 11.9 Å². The molecular formula is C13H13N3O3. The second kappa shape index (κ2) is 4.08. The minimum Gasteiger partial charge on any atom is -0.465 e. The van der Waals surface area contributed by atoms with Crippen molar-refractivity contribution >= 4 is 28.6 Å². The third-order valence-electron chi connectivity index (χ3n) is 3.12. The average Bonchev–Trinajstić information content (AvgIpc) is 2.83. The van der Waals surface area contributed by atoms with Gasteiger partial charge >= 0.3 is 5.97 Å². The van der Waals surface area contributed by atoms with Gasteiger partial charge in [0.2, 0.25) is 5.91 Å². The highest BCUT2D eigenvalue weighted by molar-refractivity contribution is 6.16. The molecule has 1 aromatic heterocycles. The molecule has 0 radical (unpaired) electrons. The maximum atomic E-state index is 11.9. The molecule has 98 valence electrons. The minimum atomic E-state index is -0.892. The summed E-state index contributed by atoms with van der Waals surface area (Å²) in [5.74, 6) is -0.975. The Labute approximate surface area is 109 Å². The van der Waals surface area contributed by atoms with Crippen LogP contribution in [-0.2, 0) is 14.3 Å². The topological polar surface area (TPSA) is 84.1 Å². The van der Waals surface area contributed by atoms with Crippen molar-refractivity contribution in [3.05, 3.63) is 23.5 Å². The zero-order valence-corrected chi connectivity index (χ0v) is 10.6. The Hall–Kier alpha value is -2.37. The number of rotatable bonds is 2. The molecule has 1 atom stereocenters. The van der Waals surface area contributed by atoms with Crippen molar-refractivity contribution < 1.29 is 14.3 Å². The van der Waals surface area contributed by atoms with Crippen LogP contribution in [0.25, 0.3) is 11.0 Å². The third kappa shape index (κ3) is 1.76. The van der Waals surface area contributed by atoms with E-state index < -0.39 is 11.9 Å². The molecule has 1 unspecified atom stereocenters. The number of nitrogens with one attached hydrogen (secondary N) is 2. The highest BCUT2D eigenvalue weighted by Gasteiger charge is 2.38. The molecule has 1 amide bonds. The van der Waals surface area contributed by atoms with Gasteiger partial charge in [-0.15, -0.1) is 0 Å². The van der Waals surface area contributed by atoms with E-state index in [4.69, 9.17) is 4.74 Å². The van der Waals surface area contributed by atoms with Gasteiger partial charge in [0.05, 0.1) is 17.6 Å². The van der Waals surface area contributed by atoms with Gasteiger partial charge in [-0.25, -0.2) is 4.98 Å². The van der Waals surface area contributed by atoms with Crippen LogP contribution in [0.4, 0.5) is 5.69 Å². The van der Waals surface area contributed by atoms with Gasteiger partial charge in [-0.2, -0.15) is 0 Å². The van der Waals surface area contributed by atoms with Crippen LogP contribution in [0.3, 0.4) is 0 Å². The first kappa shape index (κ1) is 11.7. The lowest BCUT2D eigenvalue weighted by atomic mass is 10.0. The van der Waals surface area contributed by atoms with Gasteiger partial charge in [-0.1, -0.05) is 0 Å². The zero-order valence-electron chi connectivity index (χ0n) is 10.6. The van der Waals surface area contributed by atoms with Gasteiger partial charge < -0.3 is 15.0 Å². The van der Waals surface area contributed by atoms with Crippen molar-refractivity contribution in [1.29, 1.82) is 0 Å². The molecule has 2 N–H and O–H groups in total. The van der Waals surface area contributed by atoms with E-state index >= 15 is 0 Å². The van der Waals surface area contributed by atoms with Crippen molar-refractivity contribution in [2.45, 2.75) is 19.8 Å². The molecule has 0 spiro atoms. The summed E-state index contributed by atoms with van der Waals surface area (Å²) in [5, 5.41) is 2.70. The first-order chi connectivity index (χ1) is 9.10. The predicted molar refractivity (Wildman–Crippen MR) is 68.8 cm³/mol. The summed E-state index contributed by atoms with van der Waals surface area (Å²) in [6.45, 7) is 3.82. The number of aromatic amines is 1. The monoisotopic (exact) mass is 259 g/mol. The molecule has 0 bridgehead atoms. The number of ether oxygens (including phenoxy) is 1. The Morgan fingerprint density at radius 3 is 3.00 bits per heavy atom. The van der Waals surface area contributed by atoms with Crippen molar-refractivity contribution in [3.8, 4) is 0 Å². The number of carbonyl (C=O) groups is 2. The van der Waals surface area contributed by atoms with Crippen LogP contribution in [0.15, 0.2) is 12.1 Å². The lowest BCUT2D eigenvalue weighted by Crippen LogP contribution is -2.22. The zero-order chi connectivity index (χ0) is 13.6. The molecule has 19 heavy (non-hydrogen) atoms. The Morgan fingerprint density at radius 1 is 1.47 bits per heavy atom. The molecular weight excluding hydrogens is 246 g/mol. The van der Waals surface area contributed by atoms with Gasteiger partial charge in [0.15, 0.2) is 5.92 Å². The number of nitrogens with zero attached hydrogens (tertiary/aromatic N) is 1. The molecule has 3 rings (SSSR count). The van der Waals surface area contributed by atoms with Crippen LogP contribution in [0.5, 0.6) is 0 Å². The Balaban J connectivity index is 2.11. The second-order valence-corrected chi connectivity index (χ2v) is 4.45. The molecule has 1 aliphatic heterocycles. The standard InChI is InChI=1S/C13H13N3O3/c1-3-19-13(18)11-7-4-9-10(15-6(2)14-9)5-8(7)16-12(11)17/h4-5,11H,3H2,1-2H3,(H,14,15)(H,16,17). The Bertz CT molecular complexity index is 690. The second-order valence-electron chi connectivity index (χ2n) is 4.45. The first-order valence-electron chi connectivity index (χ1n) is 6.08. The van der Waals surface area contributed by atoms with Crippen LogP contribution in [0.1, 0.15) is 24.2 Å². The lowest BCUT2D eigenvalue weighted by Gasteiger charge is -2.07. The quantitative estimate of drug-likeness (QED) is 0.632. The van der Waals surface area contributed by atoms with Gasteiger partial charge in [0.1, 0.15) is 5.82 Å². The first-order valence-corrected chi connectivity index (χ1v) is 6.08. The number of esters is 1. The highest BCUT2D eigenvalue weighted by Crippen LogP contribution is 2.35. The summed E-state index contributed by atoms with van der Waals surface area (Å²) >= 11 is 0. The number of amides is 1. The summed E-state index contributed by atoms with van der Waals surface area (Å²) in [7, 11) is 0. The van der Waals surface area contributed by atoms with E-state index in [1.165, 1.54) is 0 Å². The maximum Gasteiger partial charge on any atom is 0.323 e.